The number of rotatable bonds is 12. The van der Waals surface area contributed by atoms with Crippen LogP contribution in [0, 0.1) is 0 Å². The van der Waals surface area contributed by atoms with Gasteiger partial charge in [0, 0.05) is 36.7 Å². The van der Waals surface area contributed by atoms with E-state index < -0.39 is 0 Å². The number of benzene rings is 1. The first kappa shape index (κ1) is 25.0. The molecule has 0 saturated heterocycles. The first-order valence-corrected chi connectivity index (χ1v) is 13.1. The molecule has 1 aromatic rings. The molecule has 33 heavy (non-hydrogen) atoms. The largest absolute Gasteiger partial charge is 0.347 e. The maximum atomic E-state index is 11.3. The summed E-state index contributed by atoms with van der Waals surface area (Å²) in [4.78, 5) is 24.6. The van der Waals surface area contributed by atoms with Crippen molar-refractivity contribution in [3.63, 3.8) is 0 Å². The van der Waals surface area contributed by atoms with E-state index in [0.717, 1.165) is 24.3 Å². The van der Waals surface area contributed by atoms with Crippen molar-refractivity contribution >= 4 is 33.9 Å². The van der Waals surface area contributed by atoms with Gasteiger partial charge in [0.05, 0.1) is 0 Å². The minimum absolute atomic E-state index is 0.0404. The van der Waals surface area contributed by atoms with Crippen LogP contribution in [0.3, 0.4) is 0 Å². The molecule has 0 saturated carbocycles. The number of ketones is 1. The molecule has 0 atom stereocenters. The number of unbranched alkanes of at least 4 members (excludes halogenated alkanes) is 7. The van der Waals surface area contributed by atoms with Gasteiger partial charge in [0.1, 0.15) is 0 Å². The van der Waals surface area contributed by atoms with Crippen LogP contribution < -0.4 is 4.90 Å². The Morgan fingerprint density at radius 2 is 1.52 bits per heavy atom. The number of para-hydroxylation sites is 1. The maximum Gasteiger partial charge on any atom is 0.185 e. The van der Waals surface area contributed by atoms with Crippen LogP contribution in [0.4, 0.5) is 5.69 Å². The van der Waals surface area contributed by atoms with Crippen molar-refractivity contribution < 1.29 is 9.59 Å². The summed E-state index contributed by atoms with van der Waals surface area (Å²) in [7, 11) is 0. The van der Waals surface area contributed by atoms with Crippen LogP contribution >= 0.6 is 11.8 Å². The van der Waals surface area contributed by atoms with Gasteiger partial charge in [-0.25, -0.2) is 0 Å². The molecule has 1 heterocycles. The first-order chi connectivity index (χ1) is 16.1. The third-order valence-electron chi connectivity index (χ3n) is 5.89. The SMILES string of the molecule is CC(=O)SCCCCCCCCCCN1C=C/C(=C\C=C2C=CC(=O)C=C2)c2ccccc21. The van der Waals surface area contributed by atoms with E-state index in [1.807, 2.05) is 12.2 Å². The predicted octanol–water partition coefficient (Wildman–Crippen LogP) is 7.43. The van der Waals surface area contributed by atoms with Gasteiger partial charge in [-0.1, -0.05) is 92.8 Å². The summed E-state index contributed by atoms with van der Waals surface area (Å²) < 4.78 is 0. The van der Waals surface area contributed by atoms with Crippen LogP contribution in [-0.2, 0) is 9.59 Å². The summed E-state index contributed by atoms with van der Waals surface area (Å²) in [5.41, 5.74) is 4.73. The summed E-state index contributed by atoms with van der Waals surface area (Å²) in [6.45, 7) is 2.69. The number of carbonyl (C=O) groups is 2. The van der Waals surface area contributed by atoms with Crippen LogP contribution in [0.5, 0.6) is 0 Å². The van der Waals surface area contributed by atoms with Crippen molar-refractivity contribution in [2.45, 2.75) is 58.3 Å². The topological polar surface area (TPSA) is 37.4 Å². The van der Waals surface area contributed by atoms with Gasteiger partial charge in [-0.2, -0.15) is 0 Å². The number of carbonyl (C=O) groups excluding carboxylic acids is 2. The molecule has 0 fully saturated rings. The van der Waals surface area contributed by atoms with E-state index in [4.69, 9.17) is 0 Å². The maximum absolute atomic E-state index is 11.3. The van der Waals surface area contributed by atoms with E-state index in [1.54, 1.807) is 19.1 Å². The van der Waals surface area contributed by atoms with E-state index in [-0.39, 0.29) is 10.9 Å². The Hall–Kier alpha value is -2.59. The van der Waals surface area contributed by atoms with Crippen molar-refractivity contribution in [3.05, 3.63) is 84.1 Å². The molecule has 3 nitrogen and oxygen atoms in total. The smallest absolute Gasteiger partial charge is 0.185 e. The quantitative estimate of drug-likeness (QED) is 0.303. The van der Waals surface area contributed by atoms with E-state index >= 15 is 0 Å². The third kappa shape index (κ3) is 8.70. The number of fused-ring (bicyclic) bond motifs is 1. The van der Waals surface area contributed by atoms with Crippen LogP contribution in [-0.4, -0.2) is 23.2 Å². The predicted molar refractivity (Wildman–Crippen MR) is 142 cm³/mol. The van der Waals surface area contributed by atoms with Gasteiger partial charge < -0.3 is 4.90 Å². The fourth-order valence-corrected chi connectivity index (χ4v) is 4.71. The lowest BCUT2D eigenvalue weighted by molar-refractivity contribution is -0.110. The zero-order chi connectivity index (χ0) is 23.3. The fraction of sp³-hybridized carbons (Fsp3) is 0.379. The molecule has 0 radical (unpaired) electrons. The lowest BCUT2D eigenvalue weighted by atomic mass is 9.98. The Morgan fingerprint density at radius 1 is 0.848 bits per heavy atom. The highest BCUT2D eigenvalue weighted by Gasteiger charge is 2.15. The Kier molecular flexibility index (Phi) is 10.5. The second kappa shape index (κ2) is 13.8. The van der Waals surface area contributed by atoms with E-state index in [0.29, 0.717) is 0 Å². The minimum atomic E-state index is 0.0404. The molecule has 2 aliphatic rings. The summed E-state index contributed by atoms with van der Waals surface area (Å²) in [6.07, 6.45) is 25.6. The monoisotopic (exact) mass is 461 g/mol. The third-order valence-corrected chi connectivity index (χ3v) is 6.79. The van der Waals surface area contributed by atoms with Crippen LogP contribution in [0.2, 0.25) is 0 Å². The molecule has 1 aromatic carbocycles. The zero-order valence-electron chi connectivity index (χ0n) is 19.7. The second-order valence-corrected chi connectivity index (χ2v) is 9.82. The van der Waals surface area contributed by atoms with Crippen molar-refractivity contribution in [2.24, 2.45) is 0 Å². The molecular weight excluding hydrogens is 426 g/mol. The Morgan fingerprint density at radius 3 is 2.24 bits per heavy atom. The average molecular weight is 462 g/mol. The molecule has 1 aliphatic carbocycles. The van der Waals surface area contributed by atoms with Crippen LogP contribution in [0.25, 0.3) is 5.57 Å². The molecule has 0 N–H and O–H groups in total. The van der Waals surface area contributed by atoms with Crippen LogP contribution in [0.1, 0.15) is 63.9 Å². The van der Waals surface area contributed by atoms with Crippen molar-refractivity contribution in [1.29, 1.82) is 0 Å². The summed E-state index contributed by atoms with van der Waals surface area (Å²) >= 11 is 1.45. The second-order valence-electron chi connectivity index (χ2n) is 8.55. The van der Waals surface area contributed by atoms with Gasteiger partial charge in [-0.05, 0) is 48.3 Å². The molecule has 0 spiro atoms. The average Bonchev–Trinajstić information content (AvgIpc) is 2.82. The molecule has 4 heteroatoms. The molecule has 0 amide bonds. The number of nitrogens with zero attached hydrogens (tertiary/aromatic N) is 1. The van der Waals surface area contributed by atoms with Gasteiger partial charge >= 0.3 is 0 Å². The van der Waals surface area contributed by atoms with Crippen molar-refractivity contribution in [2.75, 3.05) is 17.2 Å². The zero-order valence-corrected chi connectivity index (χ0v) is 20.5. The lowest BCUT2D eigenvalue weighted by Gasteiger charge is -2.27. The minimum Gasteiger partial charge on any atom is -0.347 e. The molecule has 0 aromatic heterocycles. The van der Waals surface area contributed by atoms with E-state index in [1.165, 1.54) is 73.5 Å². The molecule has 3 rings (SSSR count). The van der Waals surface area contributed by atoms with Gasteiger partial charge in [0.2, 0.25) is 0 Å². The van der Waals surface area contributed by atoms with Gasteiger partial charge in [-0.15, -0.1) is 0 Å². The van der Waals surface area contributed by atoms with Crippen molar-refractivity contribution in [1.82, 2.24) is 0 Å². The van der Waals surface area contributed by atoms with E-state index in [2.05, 4.69) is 53.6 Å². The normalized spacial score (nSPS) is 15.9. The number of allylic oxidation sites excluding steroid dienone is 9. The standard InChI is InChI=1S/C29H35NO2S/c1-24(31)33-23-11-7-5-3-2-4-6-10-21-30-22-20-26(28-12-8-9-13-29(28)30)17-14-25-15-18-27(32)19-16-25/h8-9,12-20,22H,2-7,10-11,21,23H2,1H3/b26-17+. The molecule has 174 valence electrons. The van der Waals surface area contributed by atoms with E-state index in [9.17, 15) is 9.59 Å². The van der Waals surface area contributed by atoms with Gasteiger partial charge in [-0.3, -0.25) is 9.59 Å². The Bertz CT molecular complexity index is 950. The fourth-order valence-electron chi connectivity index (χ4n) is 4.07. The Balaban J connectivity index is 1.40. The van der Waals surface area contributed by atoms with Crippen LogP contribution in [0.15, 0.2) is 78.6 Å². The first-order valence-electron chi connectivity index (χ1n) is 12.1. The summed E-state index contributed by atoms with van der Waals surface area (Å²) in [5.74, 6) is 1.02. The molecule has 0 bridgehead atoms. The van der Waals surface area contributed by atoms with Gasteiger partial charge in [0.15, 0.2) is 10.9 Å². The highest BCUT2D eigenvalue weighted by molar-refractivity contribution is 8.13. The van der Waals surface area contributed by atoms with Gasteiger partial charge in [0.25, 0.3) is 0 Å². The summed E-state index contributed by atoms with van der Waals surface area (Å²) in [5, 5.41) is 0.235. The molecular formula is C29H35NO2S. The Labute approximate surface area is 203 Å². The number of thioether (sulfide) groups is 1. The van der Waals surface area contributed by atoms with Crippen molar-refractivity contribution in [3.8, 4) is 0 Å². The lowest BCUT2D eigenvalue weighted by Crippen LogP contribution is -2.21. The summed E-state index contributed by atoms with van der Waals surface area (Å²) in [6, 6.07) is 8.58. The number of hydrogen-bond acceptors (Lipinski definition) is 4. The number of hydrogen-bond donors (Lipinski definition) is 0. The molecule has 1 aliphatic heterocycles. The highest BCUT2D eigenvalue weighted by Crippen LogP contribution is 2.33. The highest BCUT2D eigenvalue weighted by atomic mass is 32.2. The number of anilines is 1. The molecule has 0 unspecified atom stereocenters.